The molecule has 2 unspecified atom stereocenters. The van der Waals surface area contributed by atoms with E-state index in [1.54, 1.807) is 21.3 Å². The molecule has 8 nitrogen and oxygen atoms in total. The molecule has 0 fully saturated rings. The molecule has 0 radical (unpaired) electrons. The molecule has 1 aliphatic heterocycles. The number of carbonyl (C=O) groups excluding carboxylic acids is 2. The zero-order valence-corrected chi connectivity index (χ0v) is 20.7. The smallest absolute Gasteiger partial charge is 0.336 e. The Morgan fingerprint density at radius 1 is 1.03 bits per heavy atom. The van der Waals surface area contributed by atoms with Crippen LogP contribution in [0, 0.1) is 6.92 Å². The minimum atomic E-state index is -0.631. The summed E-state index contributed by atoms with van der Waals surface area (Å²) in [6, 6.07) is 9.38. The number of allylic oxidation sites excluding steroid dienone is 3. The third-order valence-electron chi connectivity index (χ3n) is 6.49. The van der Waals surface area contributed by atoms with E-state index in [0.29, 0.717) is 52.7 Å². The molecule has 0 saturated carbocycles. The minimum absolute atomic E-state index is 0.0349. The number of Topliss-reactive ketones (excluding diaryl/α,β-unsaturated/α-hetero) is 1. The number of hydrogen-bond donors (Lipinski definition) is 1. The van der Waals surface area contributed by atoms with Crippen molar-refractivity contribution in [2.24, 2.45) is 0 Å². The molecule has 0 saturated heterocycles. The highest BCUT2D eigenvalue weighted by Crippen LogP contribution is 2.46. The molecule has 2 aromatic rings. The van der Waals surface area contributed by atoms with Crippen LogP contribution in [0.25, 0.3) is 0 Å². The average molecular weight is 482 g/mol. The summed E-state index contributed by atoms with van der Waals surface area (Å²) >= 11 is 0. The largest absolute Gasteiger partial charge is 0.493 e. The van der Waals surface area contributed by atoms with Crippen molar-refractivity contribution in [3.05, 3.63) is 70.0 Å². The van der Waals surface area contributed by atoms with E-state index in [4.69, 9.17) is 23.4 Å². The van der Waals surface area contributed by atoms with Gasteiger partial charge in [-0.15, -0.1) is 0 Å². The first kappa shape index (κ1) is 24.6. The molecule has 2 aliphatic rings. The number of ether oxygens (including phenoxy) is 4. The van der Waals surface area contributed by atoms with Crippen LogP contribution in [0.15, 0.2) is 57.3 Å². The van der Waals surface area contributed by atoms with E-state index >= 15 is 0 Å². The van der Waals surface area contributed by atoms with E-state index in [0.717, 1.165) is 11.3 Å². The topological polar surface area (TPSA) is 96.2 Å². The van der Waals surface area contributed by atoms with Gasteiger partial charge in [0, 0.05) is 30.5 Å². The predicted octanol–water partition coefficient (Wildman–Crippen LogP) is 4.16. The van der Waals surface area contributed by atoms with Gasteiger partial charge in [-0.3, -0.25) is 4.79 Å². The number of rotatable bonds is 8. The maximum Gasteiger partial charge on any atom is 0.336 e. The van der Waals surface area contributed by atoms with E-state index < -0.39 is 11.9 Å². The fourth-order valence-electron chi connectivity index (χ4n) is 4.84. The van der Waals surface area contributed by atoms with Crippen molar-refractivity contribution in [2.45, 2.75) is 38.5 Å². The maximum atomic E-state index is 13.6. The number of nitrogens with one attached hydrogen (secondary N) is 1. The van der Waals surface area contributed by atoms with Gasteiger partial charge in [0.2, 0.25) is 0 Å². The van der Waals surface area contributed by atoms with Gasteiger partial charge >= 0.3 is 5.97 Å². The molecule has 1 aromatic carbocycles. The van der Waals surface area contributed by atoms with Crippen LogP contribution in [0.5, 0.6) is 11.5 Å². The second-order valence-corrected chi connectivity index (χ2v) is 8.71. The summed E-state index contributed by atoms with van der Waals surface area (Å²) in [5.74, 6) is 1.31. The predicted molar refractivity (Wildman–Crippen MR) is 128 cm³/mol. The molecule has 0 bridgehead atoms. The monoisotopic (exact) mass is 481 g/mol. The van der Waals surface area contributed by atoms with Crippen LogP contribution in [0.1, 0.15) is 48.7 Å². The molecular weight excluding hydrogens is 450 g/mol. The second-order valence-electron chi connectivity index (χ2n) is 8.71. The lowest BCUT2D eigenvalue weighted by Crippen LogP contribution is -2.36. The zero-order chi connectivity index (χ0) is 25.1. The quantitative estimate of drug-likeness (QED) is 0.444. The molecule has 1 aliphatic carbocycles. The maximum absolute atomic E-state index is 13.6. The summed E-state index contributed by atoms with van der Waals surface area (Å²) < 4.78 is 27.2. The highest BCUT2D eigenvalue weighted by molar-refractivity contribution is 6.04. The lowest BCUT2D eigenvalue weighted by atomic mass is 9.73. The summed E-state index contributed by atoms with van der Waals surface area (Å²) in [6.45, 7) is 4.07. The van der Waals surface area contributed by atoms with Crippen molar-refractivity contribution < 1.29 is 33.0 Å². The van der Waals surface area contributed by atoms with E-state index in [9.17, 15) is 9.59 Å². The van der Waals surface area contributed by atoms with Crippen LogP contribution in [0.2, 0.25) is 0 Å². The van der Waals surface area contributed by atoms with Gasteiger partial charge in [0.05, 0.1) is 32.3 Å². The van der Waals surface area contributed by atoms with Gasteiger partial charge in [0.25, 0.3) is 0 Å². The van der Waals surface area contributed by atoms with Crippen LogP contribution in [-0.4, -0.2) is 46.3 Å². The van der Waals surface area contributed by atoms with Gasteiger partial charge in [-0.2, -0.15) is 0 Å². The number of carbonyl (C=O) groups is 2. The number of benzene rings is 1. The molecular formula is C27H31NO7. The Hall–Kier alpha value is -3.52. The Kier molecular flexibility index (Phi) is 7.31. The first-order valence-corrected chi connectivity index (χ1v) is 11.6. The van der Waals surface area contributed by atoms with Crippen LogP contribution >= 0.6 is 0 Å². The minimum Gasteiger partial charge on any atom is -0.493 e. The van der Waals surface area contributed by atoms with Crippen molar-refractivity contribution in [1.29, 1.82) is 0 Å². The molecule has 0 amide bonds. The van der Waals surface area contributed by atoms with E-state index in [-0.39, 0.29) is 24.9 Å². The Morgan fingerprint density at radius 2 is 1.80 bits per heavy atom. The number of methoxy groups -OCH3 is 3. The molecule has 1 aromatic heterocycles. The van der Waals surface area contributed by atoms with Crippen molar-refractivity contribution in [3.8, 4) is 11.5 Å². The first-order chi connectivity index (χ1) is 16.9. The third-order valence-corrected chi connectivity index (χ3v) is 6.49. The number of ketones is 1. The van der Waals surface area contributed by atoms with Gasteiger partial charge in [-0.25, -0.2) is 4.79 Å². The highest BCUT2D eigenvalue weighted by atomic mass is 16.6. The standard InChI is InChI=1S/C27H31NO7/c1-15-6-8-22(35-15)26-24(27(30)34-11-10-31-3)16(2)28-19-12-18(13-20(29)25(19)26)17-7-9-21(32-4)23(14-17)33-5/h6-9,14,18,26,28H,10-13H2,1-5H3. The summed E-state index contributed by atoms with van der Waals surface area (Å²) in [5, 5.41) is 3.34. The van der Waals surface area contributed by atoms with Gasteiger partial charge in [0.15, 0.2) is 17.3 Å². The average Bonchev–Trinajstić information content (AvgIpc) is 3.28. The third kappa shape index (κ3) is 4.84. The summed E-state index contributed by atoms with van der Waals surface area (Å²) in [6.07, 6.45) is 0.910. The van der Waals surface area contributed by atoms with Gasteiger partial charge < -0.3 is 28.7 Å². The Labute approximate surface area is 204 Å². The first-order valence-electron chi connectivity index (χ1n) is 11.6. The van der Waals surface area contributed by atoms with E-state index in [2.05, 4.69) is 5.32 Å². The number of aryl methyl sites for hydroxylation is 1. The van der Waals surface area contributed by atoms with Gasteiger partial charge in [-0.05, 0) is 56.0 Å². The van der Waals surface area contributed by atoms with Gasteiger partial charge in [0.1, 0.15) is 18.1 Å². The van der Waals surface area contributed by atoms with Crippen LogP contribution in [0.4, 0.5) is 0 Å². The molecule has 1 N–H and O–H groups in total. The molecule has 35 heavy (non-hydrogen) atoms. The molecule has 0 spiro atoms. The Balaban J connectivity index is 1.71. The molecule has 2 atom stereocenters. The summed E-state index contributed by atoms with van der Waals surface area (Å²) in [5.41, 5.74) is 3.37. The summed E-state index contributed by atoms with van der Waals surface area (Å²) in [4.78, 5) is 26.7. The zero-order valence-electron chi connectivity index (χ0n) is 20.7. The number of dihydropyridines is 1. The second kappa shape index (κ2) is 10.4. The Bertz CT molecular complexity index is 1190. The molecule has 8 heteroatoms. The number of esters is 1. The van der Waals surface area contributed by atoms with E-state index in [1.807, 2.05) is 44.2 Å². The molecule has 2 heterocycles. The van der Waals surface area contributed by atoms with Crippen LogP contribution in [-0.2, 0) is 19.1 Å². The van der Waals surface area contributed by atoms with Crippen LogP contribution in [0.3, 0.4) is 0 Å². The number of hydrogen-bond acceptors (Lipinski definition) is 8. The highest BCUT2D eigenvalue weighted by Gasteiger charge is 2.42. The van der Waals surface area contributed by atoms with Gasteiger partial charge in [-0.1, -0.05) is 6.07 Å². The van der Waals surface area contributed by atoms with E-state index in [1.165, 1.54) is 0 Å². The van der Waals surface area contributed by atoms with Crippen LogP contribution < -0.4 is 14.8 Å². The lowest BCUT2D eigenvalue weighted by Gasteiger charge is -2.35. The normalized spacial score (nSPS) is 19.9. The SMILES string of the molecule is COCCOC(=O)C1=C(C)NC2=C(C(=O)CC(c3ccc(OC)c(OC)c3)C2)C1c1ccc(C)o1. The van der Waals surface area contributed by atoms with Crippen molar-refractivity contribution in [2.75, 3.05) is 34.5 Å². The summed E-state index contributed by atoms with van der Waals surface area (Å²) in [7, 11) is 4.73. The molecule has 186 valence electrons. The van der Waals surface area contributed by atoms with Crippen molar-refractivity contribution in [3.63, 3.8) is 0 Å². The molecule has 4 rings (SSSR count). The van der Waals surface area contributed by atoms with Crippen molar-refractivity contribution in [1.82, 2.24) is 5.32 Å². The fraction of sp³-hybridized carbons (Fsp3) is 0.407. The number of furan rings is 1. The van der Waals surface area contributed by atoms with Crippen molar-refractivity contribution >= 4 is 11.8 Å². The Morgan fingerprint density at radius 3 is 2.46 bits per heavy atom. The fourth-order valence-corrected chi connectivity index (χ4v) is 4.84. The lowest BCUT2D eigenvalue weighted by molar-refractivity contribution is -0.140.